The highest BCUT2D eigenvalue weighted by molar-refractivity contribution is 5.98. The van der Waals surface area contributed by atoms with Gasteiger partial charge in [0.25, 0.3) is 5.91 Å². The molecule has 2 N–H and O–H groups in total. The van der Waals surface area contributed by atoms with Gasteiger partial charge in [0.05, 0.1) is 20.8 Å². The Balaban J connectivity index is 1.99. The van der Waals surface area contributed by atoms with E-state index in [0.717, 1.165) is 5.56 Å². The van der Waals surface area contributed by atoms with Crippen molar-refractivity contribution >= 4 is 23.4 Å². The topological polar surface area (TPSA) is 97.0 Å². The molecule has 8 nitrogen and oxygen atoms in total. The molecule has 166 valence electrons. The van der Waals surface area contributed by atoms with Crippen molar-refractivity contribution in [2.45, 2.75) is 26.8 Å². The third-order valence-electron chi connectivity index (χ3n) is 4.58. The number of carbonyl (C=O) groups is 3. The van der Waals surface area contributed by atoms with Crippen LogP contribution < -0.4 is 20.1 Å². The molecule has 2 aromatic rings. The minimum absolute atomic E-state index is 0.187. The molecule has 0 aromatic heterocycles. The van der Waals surface area contributed by atoms with Crippen molar-refractivity contribution in [2.24, 2.45) is 0 Å². The van der Waals surface area contributed by atoms with Gasteiger partial charge in [0.1, 0.15) is 18.0 Å². The number of amides is 3. The first-order valence-electron chi connectivity index (χ1n) is 9.90. The zero-order valence-electron chi connectivity index (χ0n) is 18.5. The van der Waals surface area contributed by atoms with E-state index in [4.69, 9.17) is 9.47 Å². The van der Waals surface area contributed by atoms with Crippen LogP contribution in [0.2, 0.25) is 0 Å². The Morgan fingerprint density at radius 2 is 1.52 bits per heavy atom. The van der Waals surface area contributed by atoms with E-state index in [-0.39, 0.29) is 30.9 Å². The molecule has 3 amide bonds. The molecule has 2 rings (SSSR count). The van der Waals surface area contributed by atoms with Crippen LogP contribution in [-0.2, 0) is 9.59 Å². The lowest BCUT2D eigenvalue weighted by Crippen LogP contribution is -2.45. The van der Waals surface area contributed by atoms with Gasteiger partial charge in [0, 0.05) is 23.4 Å². The van der Waals surface area contributed by atoms with E-state index in [0.29, 0.717) is 22.7 Å². The summed E-state index contributed by atoms with van der Waals surface area (Å²) in [6.07, 6.45) is 0. The largest absolute Gasteiger partial charge is 0.497 e. The van der Waals surface area contributed by atoms with Crippen LogP contribution in [0.25, 0.3) is 0 Å². The second-order valence-electron chi connectivity index (χ2n) is 7.32. The number of hydrogen-bond donors (Lipinski definition) is 2. The number of carbonyl (C=O) groups excluding carboxylic acids is 3. The normalized spacial score (nSPS) is 10.4. The molecule has 0 bridgehead atoms. The Morgan fingerprint density at radius 3 is 2.03 bits per heavy atom. The van der Waals surface area contributed by atoms with Crippen LogP contribution in [-0.4, -0.2) is 56.0 Å². The Hall–Kier alpha value is -3.55. The number of rotatable bonds is 9. The summed E-state index contributed by atoms with van der Waals surface area (Å²) >= 11 is 0. The molecule has 0 radical (unpaired) electrons. The van der Waals surface area contributed by atoms with Gasteiger partial charge in [-0.1, -0.05) is 17.7 Å². The van der Waals surface area contributed by atoms with Crippen molar-refractivity contribution < 1.29 is 23.9 Å². The molecule has 31 heavy (non-hydrogen) atoms. The molecular weight excluding hydrogens is 398 g/mol. The van der Waals surface area contributed by atoms with Crippen molar-refractivity contribution in [1.82, 2.24) is 10.2 Å². The fraction of sp³-hybridized carbons (Fsp3) is 0.348. The minimum atomic E-state index is -0.434. The zero-order chi connectivity index (χ0) is 23.0. The molecule has 8 heteroatoms. The van der Waals surface area contributed by atoms with Crippen LogP contribution in [0.3, 0.4) is 0 Å². The molecule has 0 aliphatic rings. The summed E-state index contributed by atoms with van der Waals surface area (Å²) in [5, 5.41) is 5.27. The Kier molecular flexibility index (Phi) is 8.43. The third-order valence-corrected chi connectivity index (χ3v) is 4.58. The SMILES string of the molecule is COc1cc(OC)cc(C(=O)N(CC(=O)NCC(=O)Nc2ccc(C)cc2)C(C)C)c1. The average Bonchev–Trinajstić information content (AvgIpc) is 2.76. The van der Waals surface area contributed by atoms with Crippen LogP contribution in [0.4, 0.5) is 5.69 Å². The van der Waals surface area contributed by atoms with Gasteiger partial charge in [-0.25, -0.2) is 0 Å². The Bertz CT molecular complexity index is 903. The third kappa shape index (κ3) is 7.02. The number of nitrogens with one attached hydrogen (secondary N) is 2. The molecule has 0 aliphatic heterocycles. The second kappa shape index (κ2) is 11.0. The van der Waals surface area contributed by atoms with Crippen LogP contribution in [0.15, 0.2) is 42.5 Å². The van der Waals surface area contributed by atoms with Crippen molar-refractivity contribution in [3.8, 4) is 11.5 Å². The first kappa shape index (κ1) is 23.7. The number of aryl methyl sites for hydroxylation is 1. The Morgan fingerprint density at radius 1 is 0.935 bits per heavy atom. The van der Waals surface area contributed by atoms with Crippen LogP contribution in [0.5, 0.6) is 11.5 Å². The number of hydrogen-bond acceptors (Lipinski definition) is 5. The highest BCUT2D eigenvalue weighted by atomic mass is 16.5. The predicted molar refractivity (Wildman–Crippen MR) is 119 cm³/mol. The van der Waals surface area contributed by atoms with E-state index in [1.165, 1.54) is 19.1 Å². The van der Waals surface area contributed by atoms with E-state index in [1.54, 1.807) is 30.3 Å². The smallest absolute Gasteiger partial charge is 0.254 e. The second-order valence-corrected chi connectivity index (χ2v) is 7.32. The van der Waals surface area contributed by atoms with Crippen LogP contribution in [0, 0.1) is 6.92 Å². The summed E-state index contributed by atoms with van der Waals surface area (Å²) in [7, 11) is 3.00. The number of ether oxygens (including phenoxy) is 2. The van der Waals surface area contributed by atoms with E-state index in [9.17, 15) is 14.4 Å². The number of methoxy groups -OCH3 is 2. The van der Waals surface area contributed by atoms with Crippen molar-refractivity contribution in [3.63, 3.8) is 0 Å². The van der Waals surface area contributed by atoms with E-state index >= 15 is 0 Å². The van der Waals surface area contributed by atoms with Crippen molar-refractivity contribution in [3.05, 3.63) is 53.6 Å². The first-order chi connectivity index (χ1) is 14.7. The van der Waals surface area contributed by atoms with Crippen molar-refractivity contribution in [2.75, 3.05) is 32.6 Å². The molecule has 0 atom stereocenters. The first-order valence-corrected chi connectivity index (χ1v) is 9.90. The maximum atomic E-state index is 13.0. The summed E-state index contributed by atoms with van der Waals surface area (Å²) in [6, 6.07) is 11.9. The molecule has 0 fully saturated rings. The lowest BCUT2D eigenvalue weighted by molar-refractivity contribution is -0.124. The number of nitrogens with zero attached hydrogens (tertiary/aromatic N) is 1. The predicted octanol–water partition coefficient (Wildman–Crippen LogP) is 2.62. The fourth-order valence-electron chi connectivity index (χ4n) is 2.82. The summed E-state index contributed by atoms with van der Waals surface area (Å²) in [5.74, 6) is -0.174. The lowest BCUT2D eigenvalue weighted by atomic mass is 10.1. The van der Waals surface area contributed by atoms with E-state index < -0.39 is 5.91 Å². The molecule has 0 unspecified atom stereocenters. The zero-order valence-corrected chi connectivity index (χ0v) is 18.5. The number of benzene rings is 2. The average molecular weight is 428 g/mol. The Labute approximate surface area is 182 Å². The maximum absolute atomic E-state index is 13.0. The fourth-order valence-corrected chi connectivity index (χ4v) is 2.82. The molecule has 0 saturated carbocycles. The maximum Gasteiger partial charge on any atom is 0.254 e. The minimum Gasteiger partial charge on any atom is -0.497 e. The summed E-state index contributed by atoms with van der Waals surface area (Å²) < 4.78 is 10.4. The lowest BCUT2D eigenvalue weighted by Gasteiger charge is -2.26. The molecule has 0 heterocycles. The van der Waals surface area contributed by atoms with Gasteiger partial charge in [-0.15, -0.1) is 0 Å². The van der Waals surface area contributed by atoms with Gasteiger partial charge in [-0.05, 0) is 45.0 Å². The summed E-state index contributed by atoms with van der Waals surface area (Å²) in [6.45, 7) is 5.20. The standard InChI is InChI=1S/C23H29N3O5/c1-15(2)26(23(29)17-10-19(30-4)12-20(11-17)31-5)14-22(28)24-13-21(27)25-18-8-6-16(3)7-9-18/h6-12,15H,13-14H2,1-5H3,(H,24,28)(H,25,27). The van der Waals surface area contributed by atoms with Gasteiger partial charge < -0.3 is 25.0 Å². The van der Waals surface area contributed by atoms with Gasteiger partial charge in [-0.3, -0.25) is 14.4 Å². The van der Waals surface area contributed by atoms with Crippen LogP contribution in [0.1, 0.15) is 29.8 Å². The quantitative estimate of drug-likeness (QED) is 0.641. The van der Waals surface area contributed by atoms with Gasteiger partial charge >= 0.3 is 0 Å². The van der Waals surface area contributed by atoms with Gasteiger partial charge in [-0.2, -0.15) is 0 Å². The number of anilines is 1. The molecule has 0 saturated heterocycles. The van der Waals surface area contributed by atoms with E-state index in [1.807, 2.05) is 32.9 Å². The van der Waals surface area contributed by atoms with E-state index in [2.05, 4.69) is 10.6 Å². The molecular formula is C23H29N3O5. The summed E-state index contributed by atoms with van der Waals surface area (Å²) in [4.78, 5) is 38.9. The molecule has 2 aromatic carbocycles. The summed E-state index contributed by atoms with van der Waals surface area (Å²) in [5.41, 5.74) is 2.07. The monoisotopic (exact) mass is 427 g/mol. The van der Waals surface area contributed by atoms with Crippen LogP contribution >= 0.6 is 0 Å². The van der Waals surface area contributed by atoms with Gasteiger partial charge in [0.2, 0.25) is 11.8 Å². The highest BCUT2D eigenvalue weighted by Crippen LogP contribution is 2.24. The molecule has 0 aliphatic carbocycles. The molecule has 0 spiro atoms. The highest BCUT2D eigenvalue weighted by Gasteiger charge is 2.23. The van der Waals surface area contributed by atoms with Gasteiger partial charge in [0.15, 0.2) is 0 Å². The van der Waals surface area contributed by atoms with Crippen molar-refractivity contribution in [1.29, 1.82) is 0 Å².